The number of unbranched alkanes of at least 4 members (excludes halogenated alkanes) is 4. The molecule has 1 aliphatic carbocycles. The minimum atomic E-state index is -3.24. The van der Waals surface area contributed by atoms with E-state index >= 15 is 0 Å². The van der Waals surface area contributed by atoms with Crippen molar-refractivity contribution in [2.45, 2.75) is 75.9 Å². The van der Waals surface area contributed by atoms with Gasteiger partial charge in [-0.2, -0.15) is 5.26 Å². The quantitative estimate of drug-likeness (QED) is 0.148. The number of rotatable bonds is 15. The first-order valence-corrected chi connectivity index (χ1v) is 15.8. The van der Waals surface area contributed by atoms with E-state index in [1.807, 2.05) is 18.3 Å². The average molecular weight is 548 g/mol. The Morgan fingerprint density at radius 1 is 1.05 bits per heavy atom. The number of nitriles is 1. The van der Waals surface area contributed by atoms with Gasteiger partial charge in [0.25, 0.3) is 0 Å². The molecule has 0 unspecified atom stereocenters. The Morgan fingerprint density at radius 3 is 2.47 bits per heavy atom. The number of nitrogens with zero attached hydrogens (tertiary/aromatic N) is 5. The van der Waals surface area contributed by atoms with E-state index in [1.165, 1.54) is 0 Å². The molecular weight excluding hydrogens is 502 g/mol. The largest absolute Gasteiger partial charge is 0.379 e. The number of pyridine rings is 1. The molecule has 1 saturated carbocycles. The lowest BCUT2D eigenvalue weighted by Gasteiger charge is -2.31. The Hall–Kier alpha value is -2.26. The summed E-state index contributed by atoms with van der Waals surface area (Å²) in [5.41, 5.74) is 0.819. The van der Waals surface area contributed by atoms with E-state index in [1.54, 1.807) is 16.7 Å². The van der Waals surface area contributed by atoms with Crippen LogP contribution >= 0.6 is 0 Å². The molecule has 2 N–H and O–H groups in total. The van der Waals surface area contributed by atoms with Crippen molar-refractivity contribution < 1.29 is 13.2 Å². The van der Waals surface area contributed by atoms with Gasteiger partial charge in [0.15, 0.2) is 0 Å². The van der Waals surface area contributed by atoms with Crippen molar-refractivity contribution in [1.29, 1.82) is 5.26 Å². The van der Waals surface area contributed by atoms with Gasteiger partial charge < -0.3 is 15.4 Å². The molecule has 0 aromatic carbocycles. The number of morpholine rings is 1. The number of nitrogens with one attached hydrogen (secondary N) is 2. The van der Waals surface area contributed by atoms with Crippen LogP contribution in [-0.4, -0.2) is 86.3 Å². The normalized spacial score (nSPS) is 17.8. The van der Waals surface area contributed by atoms with Gasteiger partial charge in [-0.25, -0.2) is 12.7 Å². The summed E-state index contributed by atoms with van der Waals surface area (Å²) >= 11 is 0. The number of guanidine groups is 1. The zero-order chi connectivity index (χ0) is 26.9. The summed E-state index contributed by atoms with van der Waals surface area (Å²) in [5, 5.41) is 15.0. The van der Waals surface area contributed by atoms with Crippen molar-refractivity contribution in [2.75, 3.05) is 57.8 Å². The second-order valence-electron chi connectivity index (χ2n) is 10.1. The summed E-state index contributed by atoms with van der Waals surface area (Å²) in [6.07, 6.45) is 15.8. The van der Waals surface area contributed by atoms with Crippen LogP contribution in [0.1, 0.15) is 70.6 Å². The molecule has 0 atom stereocenters. The number of ether oxygens (including phenoxy) is 1. The van der Waals surface area contributed by atoms with Crippen LogP contribution in [0.5, 0.6) is 0 Å². The summed E-state index contributed by atoms with van der Waals surface area (Å²) in [6.45, 7) is 6.30. The highest BCUT2D eigenvalue weighted by Gasteiger charge is 2.32. The summed E-state index contributed by atoms with van der Waals surface area (Å²) in [4.78, 5) is 10.2. The highest BCUT2D eigenvalue weighted by atomic mass is 32.2. The third-order valence-corrected chi connectivity index (χ3v) is 9.70. The van der Waals surface area contributed by atoms with Crippen molar-refractivity contribution in [3.05, 3.63) is 24.5 Å². The van der Waals surface area contributed by atoms with E-state index in [-0.39, 0.29) is 5.25 Å². The van der Waals surface area contributed by atoms with Gasteiger partial charge in [-0.05, 0) is 50.8 Å². The maximum atomic E-state index is 13.5. The molecule has 1 aliphatic heterocycles. The standard InChI is InChI=1S/C27H45N7O3S/c28-24-31-27(32-25-12-15-29-16-13-25)30-14-7-2-1-3-8-18-34(19-9-17-33-20-22-37-23-21-33)38(35,36)26-10-5-4-6-11-26/h12-13,15-16,26H,1-11,14,17-23H2,(H2,29,30,31,32). The van der Waals surface area contributed by atoms with Crippen LogP contribution in [0.2, 0.25) is 0 Å². The highest BCUT2D eigenvalue weighted by Crippen LogP contribution is 2.26. The Bertz CT molecular complexity index is 957. The minimum Gasteiger partial charge on any atom is -0.379 e. The third kappa shape index (κ3) is 10.8. The van der Waals surface area contributed by atoms with Gasteiger partial charge in [0.1, 0.15) is 0 Å². The monoisotopic (exact) mass is 547 g/mol. The molecule has 2 aliphatic rings. The van der Waals surface area contributed by atoms with Crippen molar-refractivity contribution in [1.82, 2.24) is 19.5 Å². The second-order valence-corrected chi connectivity index (χ2v) is 12.3. The van der Waals surface area contributed by atoms with Crippen LogP contribution in [0.4, 0.5) is 5.69 Å². The first-order valence-electron chi connectivity index (χ1n) is 14.3. The summed E-state index contributed by atoms with van der Waals surface area (Å²) in [5.74, 6) is 0.430. The maximum absolute atomic E-state index is 13.5. The molecule has 10 nitrogen and oxygen atoms in total. The molecule has 0 amide bonds. The molecule has 212 valence electrons. The Labute approximate surface area is 228 Å². The number of sulfonamides is 1. The van der Waals surface area contributed by atoms with Crippen molar-refractivity contribution >= 4 is 21.7 Å². The molecular formula is C27H45N7O3S. The van der Waals surface area contributed by atoms with E-state index in [2.05, 4.69) is 25.5 Å². The summed E-state index contributed by atoms with van der Waals surface area (Å²) in [6, 6.07) is 3.63. The average Bonchev–Trinajstić information content (AvgIpc) is 2.95. The fraction of sp³-hybridized carbons (Fsp3) is 0.741. The van der Waals surface area contributed by atoms with Gasteiger partial charge in [0, 0.05) is 50.8 Å². The van der Waals surface area contributed by atoms with Gasteiger partial charge in [-0.15, -0.1) is 4.99 Å². The van der Waals surface area contributed by atoms with Crippen LogP contribution in [0.3, 0.4) is 0 Å². The molecule has 0 spiro atoms. The molecule has 1 aromatic rings. The van der Waals surface area contributed by atoms with Crippen LogP contribution in [0, 0.1) is 11.5 Å². The summed E-state index contributed by atoms with van der Waals surface area (Å²) < 4.78 is 34.2. The molecule has 2 fully saturated rings. The molecule has 11 heteroatoms. The minimum absolute atomic E-state index is 0.198. The van der Waals surface area contributed by atoms with Crippen molar-refractivity contribution in [2.24, 2.45) is 4.99 Å². The van der Waals surface area contributed by atoms with E-state index < -0.39 is 10.0 Å². The van der Waals surface area contributed by atoms with Gasteiger partial charge in [-0.1, -0.05) is 38.5 Å². The van der Waals surface area contributed by atoms with Crippen molar-refractivity contribution in [3.63, 3.8) is 0 Å². The third-order valence-electron chi connectivity index (χ3n) is 7.30. The van der Waals surface area contributed by atoms with Crippen LogP contribution in [0.25, 0.3) is 0 Å². The van der Waals surface area contributed by atoms with E-state index in [9.17, 15) is 8.42 Å². The fourth-order valence-corrected chi connectivity index (χ4v) is 7.24. The van der Waals surface area contributed by atoms with E-state index in [0.717, 1.165) is 109 Å². The van der Waals surface area contributed by atoms with Crippen LogP contribution in [0.15, 0.2) is 29.5 Å². The van der Waals surface area contributed by atoms with Gasteiger partial charge in [-0.3, -0.25) is 9.88 Å². The first-order chi connectivity index (χ1) is 18.6. The number of aromatic nitrogens is 1. The second kappa shape index (κ2) is 17.4. The van der Waals surface area contributed by atoms with Crippen LogP contribution < -0.4 is 10.6 Å². The number of aliphatic imine (C=N–C) groups is 1. The SMILES string of the molecule is N#CN=C(NCCCCCCCN(CCCN1CCOCC1)S(=O)(=O)C1CCCCC1)Nc1ccncc1. The molecule has 1 aromatic heterocycles. The molecule has 1 saturated heterocycles. The Balaban J connectivity index is 1.36. The number of anilines is 1. The Morgan fingerprint density at radius 2 is 1.74 bits per heavy atom. The molecule has 2 heterocycles. The Kier molecular flexibility index (Phi) is 13.8. The van der Waals surface area contributed by atoms with E-state index in [0.29, 0.717) is 25.6 Å². The number of hydrogen-bond donors (Lipinski definition) is 2. The first kappa shape index (κ1) is 30.3. The van der Waals surface area contributed by atoms with Gasteiger partial charge in [0.2, 0.25) is 22.2 Å². The molecule has 38 heavy (non-hydrogen) atoms. The zero-order valence-corrected chi connectivity index (χ0v) is 23.5. The molecule has 0 bridgehead atoms. The number of hydrogen-bond acceptors (Lipinski definition) is 7. The summed E-state index contributed by atoms with van der Waals surface area (Å²) in [7, 11) is -3.24. The smallest absolute Gasteiger partial charge is 0.216 e. The molecule has 0 radical (unpaired) electrons. The lowest BCUT2D eigenvalue weighted by Crippen LogP contribution is -2.42. The fourth-order valence-electron chi connectivity index (χ4n) is 5.12. The predicted octanol–water partition coefficient (Wildman–Crippen LogP) is 3.56. The van der Waals surface area contributed by atoms with Gasteiger partial charge in [0.05, 0.1) is 18.5 Å². The topological polar surface area (TPSA) is 123 Å². The van der Waals surface area contributed by atoms with Crippen molar-refractivity contribution in [3.8, 4) is 6.19 Å². The highest BCUT2D eigenvalue weighted by molar-refractivity contribution is 7.89. The zero-order valence-electron chi connectivity index (χ0n) is 22.7. The predicted molar refractivity (Wildman–Crippen MR) is 151 cm³/mol. The lowest BCUT2D eigenvalue weighted by atomic mass is 10.0. The van der Waals surface area contributed by atoms with E-state index in [4.69, 9.17) is 10.00 Å². The molecule has 3 rings (SSSR count). The van der Waals surface area contributed by atoms with Crippen LogP contribution in [-0.2, 0) is 14.8 Å². The lowest BCUT2D eigenvalue weighted by molar-refractivity contribution is 0.0369. The van der Waals surface area contributed by atoms with Gasteiger partial charge >= 0.3 is 0 Å². The maximum Gasteiger partial charge on any atom is 0.216 e.